The van der Waals surface area contributed by atoms with E-state index < -0.39 is 42.5 Å². The van der Waals surface area contributed by atoms with Crippen molar-refractivity contribution >= 4 is 48.7 Å². The van der Waals surface area contributed by atoms with E-state index in [0.29, 0.717) is 55.6 Å². The summed E-state index contributed by atoms with van der Waals surface area (Å²) in [6, 6.07) is 18.5. The minimum Gasteiger partial charge on any atom is -0.497 e. The molecule has 1 fully saturated rings. The fourth-order valence-corrected chi connectivity index (χ4v) is 6.90. The highest BCUT2D eigenvalue weighted by Gasteiger charge is 2.25. The van der Waals surface area contributed by atoms with Crippen LogP contribution in [0.4, 0.5) is 31.5 Å². The van der Waals surface area contributed by atoms with Crippen LogP contribution in [0.2, 0.25) is 0 Å². The molecule has 45 heavy (non-hydrogen) atoms. The number of methoxy groups -OCH3 is 1. The molecule has 5 rings (SSSR count). The van der Waals surface area contributed by atoms with Gasteiger partial charge < -0.3 is 19.7 Å². The number of anilines is 4. The van der Waals surface area contributed by atoms with Crippen LogP contribution in [0.3, 0.4) is 0 Å². The van der Waals surface area contributed by atoms with E-state index in [1.165, 1.54) is 37.4 Å². The summed E-state index contributed by atoms with van der Waals surface area (Å²) in [5, 5.41) is 2.66. The van der Waals surface area contributed by atoms with Gasteiger partial charge in [-0.3, -0.25) is 14.2 Å². The third-order valence-electron chi connectivity index (χ3n) is 6.78. The summed E-state index contributed by atoms with van der Waals surface area (Å²) in [4.78, 5) is 14.5. The minimum atomic E-state index is -4.30. The lowest BCUT2D eigenvalue weighted by Crippen LogP contribution is -2.37. The number of amides is 1. The number of sulfonamides is 2. The molecule has 1 amide bonds. The third kappa shape index (κ3) is 7.50. The summed E-state index contributed by atoms with van der Waals surface area (Å²) in [5.41, 5.74) is 0.923. The van der Waals surface area contributed by atoms with E-state index in [-0.39, 0.29) is 21.8 Å². The number of carbonyl (C=O) groups is 1. The Labute approximate surface area is 258 Å². The Bertz CT molecular complexity index is 1930. The van der Waals surface area contributed by atoms with Crippen LogP contribution in [-0.2, 0) is 24.8 Å². The molecule has 0 atom stereocenters. The predicted molar refractivity (Wildman–Crippen MR) is 165 cm³/mol. The maximum absolute atomic E-state index is 13.6. The van der Waals surface area contributed by atoms with Crippen molar-refractivity contribution in [3.63, 3.8) is 0 Å². The van der Waals surface area contributed by atoms with Crippen molar-refractivity contribution in [3.05, 3.63) is 102 Å². The van der Waals surface area contributed by atoms with Gasteiger partial charge in [0.25, 0.3) is 26.0 Å². The number of ether oxygens (including phenoxy) is 2. The van der Waals surface area contributed by atoms with E-state index in [9.17, 15) is 30.4 Å². The second kappa shape index (κ2) is 13.1. The largest absolute Gasteiger partial charge is 0.497 e. The van der Waals surface area contributed by atoms with Gasteiger partial charge in [-0.15, -0.1) is 0 Å². The fraction of sp³-hybridized carbons (Fsp3) is 0.167. The Morgan fingerprint density at radius 2 is 1.47 bits per heavy atom. The van der Waals surface area contributed by atoms with Crippen molar-refractivity contribution < 1.29 is 39.9 Å². The van der Waals surface area contributed by atoms with Crippen LogP contribution in [0.5, 0.6) is 5.75 Å². The lowest BCUT2D eigenvalue weighted by Gasteiger charge is -2.30. The van der Waals surface area contributed by atoms with Gasteiger partial charge in [0.05, 0.1) is 30.9 Å². The average molecular weight is 659 g/mol. The molecule has 1 aliphatic rings. The molecule has 0 aliphatic carbocycles. The Hall–Kier alpha value is -4.73. The second-order valence-corrected chi connectivity index (χ2v) is 13.2. The molecule has 4 aromatic carbocycles. The zero-order valence-electron chi connectivity index (χ0n) is 23.8. The maximum atomic E-state index is 13.6. The molecule has 0 bridgehead atoms. The van der Waals surface area contributed by atoms with Gasteiger partial charge in [0.2, 0.25) is 0 Å². The molecule has 0 unspecified atom stereocenters. The van der Waals surface area contributed by atoms with E-state index >= 15 is 0 Å². The standard InChI is InChI=1S/C30H28F2N4O7S2/c1-42-24-8-5-21(6-9-24)34-45(40,41)29-18-22(7-12-28(29)36-13-15-43-16-14-36)33-30(37)20-3-2-4-23(17-20)35-44(38,39)25-10-11-26(31)27(32)19-25/h2-12,17-19,34-35H,13-16H2,1H3,(H,33,37). The summed E-state index contributed by atoms with van der Waals surface area (Å²) in [6.45, 7) is 1.76. The molecule has 1 saturated heterocycles. The Balaban J connectivity index is 1.40. The molecule has 1 heterocycles. The van der Waals surface area contributed by atoms with Crippen LogP contribution >= 0.6 is 0 Å². The highest BCUT2D eigenvalue weighted by molar-refractivity contribution is 7.93. The minimum absolute atomic E-state index is 0.0120. The molecular weight excluding hydrogens is 630 g/mol. The Morgan fingerprint density at radius 3 is 2.16 bits per heavy atom. The highest BCUT2D eigenvalue weighted by atomic mass is 32.2. The smallest absolute Gasteiger partial charge is 0.264 e. The van der Waals surface area contributed by atoms with Gasteiger partial charge in [-0.25, -0.2) is 25.6 Å². The molecule has 236 valence electrons. The number of halogens is 2. The Kier molecular flexibility index (Phi) is 9.22. The van der Waals surface area contributed by atoms with Gasteiger partial charge in [-0.2, -0.15) is 0 Å². The number of nitrogens with one attached hydrogen (secondary N) is 3. The topological polar surface area (TPSA) is 143 Å². The number of carbonyl (C=O) groups excluding carboxylic acids is 1. The van der Waals surface area contributed by atoms with Crippen molar-refractivity contribution in [2.75, 3.05) is 53.1 Å². The fourth-order valence-electron chi connectivity index (χ4n) is 4.53. The summed E-state index contributed by atoms with van der Waals surface area (Å²) < 4.78 is 95.0. The first kappa shape index (κ1) is 31.7. The predicted octanol–water partition coefficient (Wildman–Crippen LogP) is 4.66. The number of benzene rings is 4. The van der Waals surface area contributed by atoms with Crippen LogP contribution < -0.4 is 24.4 Å². The van der Waals surface area contributed by atoms with Crippen molar-refractivity contribution in [1.29, 1.82) is 0 Å². The highest BCUT2D eigenvalue weighted by Crippen LogP contribution is 2.31. The molecular formula is C30H28F2N4O7S2. The number of rotatable bonds is 10. The SMILES string of the molecule is COc1ccc(NS(=O)(=O)c2cc(NC(=O)c3cccc(NS(=O)(=O)c4ccc(F)c(F)c4)c3)ccc2N2CCOCC2)cc1. The molecule has 0 aromatic heterocycles. The van der Waals surface area contributed by atoms with Crippen LogP contribution in [0.25, 0.3) is 0 Å². The summed E-state index contributed by atoms with van der Waals surface area (Å²) in [6.07, 6.45) is 0. The lowest BCUT2D eigenvalue weighted by atomic mass is 10.2. The van der Waals surface area contributed by atoms with Gasteiger partial charge in [-0.1, -0.05) is 6.07 Å². The van der Waals surface area contributed by atoms with Crippen LogP contribution in [-0.4, -0.2) is 56.2 Å². The zero-order valence-corrected chi connectivity index (χ0v) is 25.4. The van der Waals surface area contributed by atoms with Crippen molar-refractivity contribution in [3.8, 4) is 5.75 Å². The summed E-state index contributed by atoms with van der Waals surface area (Å²) >= 11 is 0. The summed E-state index contributed by atoms with van der Waals surface area (Å²) in [7, 11) is -6.95. The first-order valence-corrected chi connectivity index (χ1v) is 16.4. The van der Waals surface area contributed by atoms with E-state index in [1.54, 1.807) is 36.4 Å². The molecule has 0 saturated carbocycles. The Morgan fingerprint density at radius 1 is 0.778 bits per heavy atom. The number of hydrogen-bond acceptors (Lipinski definition) is 8. The van der Waals surface area contributed by atoms with Gasteiger partial charge >= 0.3 is 0 Å². The maximum Gasteiger partial charge on any atom is 0.264 e. The van der Waals surface area contributed by atoms with Crippen molar-refractivity contribution in [2.45, 2.75) is 9.79 Å². The van der Waals surface area contributed by atoms with Gasteiger partial charge in [0, 0.05) is 35.7 Å². The van der Waals surface area contributed by atoms with E-state index in [2.05, 4.69) is 14.8 Å². The first-order valence-electron chi connectivity index (χ1n) is 13.5. The van der Waals surface area contributed by atoms with Crippen molar-refractivity contribution in [2.24, 2.45) is 0 Å². The average Bonchev–Trinajstić information content (AvgIpc) is 3.03. The quantitative estimate of drug-likeness (QED) is 0.223. The molecule has 11 nitrogen and oxygen atoms in total. The van der Waals surface area contributed by atoms with E-state index in [0.717, 1.165) is 6.07 Å². The molecule has 0 spiro atoms. The van der Waals surface area contributed by atoms with E-state index in [4.69, 9.17) is 9.47 Å². The number of morpholine rings is 1. The van der Waals surface area contributed by atoms with Crippen LogP contribution in [0.15, 0.2) is 94.7 Å². The molecule has 4 aromatic rings. The van der Waals surface area contributed by atoms with Gasteiger partial charge in [0.15, 0.2) is 11.6 Å². The monoisotopic (exact) mass is 658 g/mol. The van der Waals surface area contributed by atoms with Gasteiger partial charge in [0.1, 0.15) is 10.6 Å². The van der Waals surface area contributed by atoms with Crippen molar-refractivity contribution in [1.82, 2.24) is 0 Å². The third-order valence-corrected chi connectivity index (χ3v) is 9.57. The number of hydrogen-bond donors (Lipinski definition) is 3. The molecule has 3 N–H and O–H groups in total. The normalized spacial score (nSPS) is 13.6. The first-order chi connectivity index (χ1) is 21.4. The molecule has 0 radical (unpaired) electrons. The molecule has 1 aliphatic heterocycles. The van der Waals surface area contributed by atoms with E-state index in [1.807, 2.05) is 4.90 Å². The number of nitrogens with zero attached hydrogens (tertiary/aromatic N) is 1. The summed E-state index contributed by atoms with van der Waals surface area (Å²) in [5.74, 6) is -2.63. The zero-order chi connectivity index (χ0) is 32.2. The van der Waals surface area contributed by atoms with Crippen LogP contribution in [0, 0.1) is 11.6 Å². The van der Waals surface area contributed by atoms with Gasteiger partial charge in [-0.05, 0) is 78.9 Å². The second-order valence-electron chi connectivity index (χ2n) is 9.83. The van der Waals surface area contributed by atoms with Crippen LogP contribution in [0.1, 0.15) is 10.4 Å². The lowest BCUT2D eigenvalue weighted by molar-refractivity contribution is 0.102. The molecule has 15 heteroatoms.